The lowest BCUT2D eigenvalue weighted by Crippen LogP contribution is -2.30. The molecule has 0 radical (unpaired) electrons. The van der Waals surface area contributed by atoms with Crippen LogP contribution < -0.4 is 0 Å². The zero-order valence-electron chi connectivity index (χ0n) is 71.5. The molecule has 3 N–H and O–H groups in total. The van der Waals surface area contributed by atoms with E-state index in [4.69, 9.17) is 37.0 Å². The van der Waals surface area contributed by atoms with Gasteiger partial charge in [0.05, 0.1) is 26.4 Å². The predicted molar refractivity (Wildman–Crippen MR) is 446 cm³/mol. The van der Waals surface area contributed by atoms with Gasteiger partial charge in [-0.15, -0.1) is 0 Å². The van der Waals surface area contributed by atoms with Crippen LogP contribution in [0.2, 0.25) is 0 Å². The minimum atomic E-state index is -4.97. The third kappa shape index (κ3) is 80.7. The molecule has 19 heteroatoms. The molecule has 0 heterocycles. The van der Waals surface area contributed by atoms with E-state index in [1.807, 2.05) is 0 Å². The number of unbranched alkanes of at least 4 members (excludes halogenated alkanes) is 51. The van der Waals surface area contributed by atoms with Gasteiger partial charge in [-0.3, -0.25) is 37.3 Å². The molecule has 0 aromatic heterocycles. The average molecular weight is 1580 g/mol. The Bertz CT molecular complexity index is 2100. The third-order valence-corrected chi connectivity index (χ3v) is 23.1. The van der Waals surface area contributed by atoms with E-state index in [2.05, 4.69) is 55.4 Å². The molecule has 0 fully saturated rings. The van der Waals surface area contributed by atoms with Crippen molar-refractivity contribution in [2.75, 3.05) is 39.6 Å². The fourth-order valence-corrected chi connectivity index (χ4v) is 15.4. The maximum absolute atomic E-state index is 13.1. The van der Waals surface area contributed by atoms with E-state index >= 15 is 0 Å². The summed E-state index contributed by atoms with van der Waals surface area (Å²) in [4.78, 5) is 73.3. The Morgan fingerprint density at radius 3 is 0.657 bits per heavy atom. The molecule has 4 unspecified atom stereocenters. The summed E-state index contributed by atoms with van der Waals surface area (Å²) in [5.41, 5.74) is 0. The first-order valence-electron chi connectivity index (χ1n) is 45.7. The Balaban J connectivity index is 5.18. The first-order chi connectivity index (χ1) is 52.1. The molecule has 0 aliphatic rings. The minimum absolute atomic E-state index is 0.107. The van der Waals surface area contributed by atoms with Crippen LogP contribution >= 0.6 is 15.6 Å². The average Bonchev–Trinajstić information content (AvgIpc) is 1.34. The molecule has 17 nitrogen and oxygen atoms in total. The van der Waals surface area contributed by atoms with Crippen molar-refractivity contribution in [1.29, 1.82) is 0 Å². The second kappa shape index (κ2) is 77.6. The van der Waals surface area contributed by atoms with Gasteiger partial charge in [-0.25, -0.2) is 9.13 Å². The fourth-order valence-electron chi connectivity index (χ4n) is 13.8. The summed E-state index contributed by atoms with van der Waals surface area (Å²) in [5, 5.41) is 10.7. The van der Waals surface area contributed by atoms with Crippen LogP contribution in [-0.4, -0.2) is 96.7 Å². The van der Waals surface area contributed by atoms with Gasteiger partial charge in [-0.05, 0) is 49.4 Å². The van der Waals surface area contributed by atoms with Crippen molar-refractivity contribution in [2.45, 2.75) is 485 Å². The van der Waals surface area contributed by atoms with E-state index in [1.54, 1.807) is 0 Å². The topological polar surface area (TPSA) is 237 Å². The first-order valence-corrected chi connectivity index (χ1v) is 48.7. The van der Waals surface area contributed by atoms with Crippen LogP contribution in [0.1, 0.15) is 466 Å². The van der Waals surface area contributed by atoms with E-state index in [-0.39, 0.29) is 25.7 Å². The largest absolute Gasteiger partial charge is 0.472 e. The zero-order valence-corrected chi connectivity index (χ0v) is 73.3. The van der Waals surface area contributed by atoms with E-state index in [0.29, 0.717) is 31.6 Å². The Kier molecular flexibility index (Phi) is 76.2. The van der Waals surface area contributed by atoms with E-state index in [0.717, 1.165) is 114 Å². The predicted octanol–water partition coefficient (Wildman–Crippen LogP) is 27.1. The third-order valence-electron chi connectivity index (χ3n) is 21.2. The molecule has 0 aliphatic heterocycles. The smallest absolute Gasteiger partial charge is 0.462 e. The van der Waals surface area contributed by atoms with Crippen LogP contribution in [0.15, 0.2) is 0 Å². The summed E-state index contributed by atoms with van der Waals surface area (Å²) in [6.07, 6.45) is 68.2. The number of phosphoric ester groups is 2. The zero-order chi connectivity index (χ0) is 79.5. The van der Waals surface area contributed by atoms with Gasteiger partial charge in [-0.2, -0.15) is 0 Å². The van der Waals surface area contributed by atoms with Crippen molar-refractivity contribution in [1.82, 2.24) is 0 Å². The number of rotatable bonds is 86. The van der Waals surface area contributed by atoms with E-state index in [9.17, 15) is 43.2 Å². The molecule has 0 saturated carbocycles. The first kappa shape index (κ1) is 106. The fraction of sp³-hybridized carbons (Fsp3) is 0.955. The molecule has 0 aromatic rings. The second-order valence-electron chi connectivity index (χ2n) is 33.7. The molecule has 108 heavy (non-hydrogen) atoms. The Morgan fingerprint density at radius 1 is 0.259 bits per heavy atom. The maximum atomic E-state index is 13.1. The molecule has 0 rings (SSSR count). The summed E-state index contributed by atoms with van der Waals surface area (Å²) in [6.45, 7) is 14.4. The molecule has 0 aromatic carbocycles. The van der Waals surface area contributed by atoms with Crippen LogP contribution in [0.4, 0.5) is 0 Å². The van der Waals surface area contributed by atoms with Crippen molar-refractivity contribution in [3.63, 3.8) is 0 Å². The van der Waals surface area contributed by atoms with Crippen LogP contribution in [0, 0.1) is 23.7 Å². The number of carbonyl (C=O) groups excluding carboxylic acids is 4. The van der Waals surface area contributed by atoms with Gasteiger partial charge in [0, 0.05) is 25.7 Å². The molecule has 0 aliphatic carbocycles. The SMILES string of the molecule is CCC(C)CCCCCCCCCCCCCCCCCCCCC(=O)O[C@H](COC(=O)CCCCCCCCCC(C)C)COP(=O)(O)OCC(O)COP(=O)(O)OC[C@@H](COC(=O)CCCCCCCCCCCCCCCCCCCCC(C)C)OC(=O)CCCCCCCCCCCCCCC(C)C. The highest BCUT2D eigenvalue weighted by Crippen LogP contribution is 2.45. The van der Waals surface area contributed by atoms with Crippen LogP contribution in [0.25, 0.3) is 0 Å². The van der Waals surface area contributed by atoms with Gasteiger partial charge in [0.15, 0.2) is 12.2 Å². The van der Waals surface area contributed by atoms with Gasteiger partial charge < -0.3 is 33.8 Å². The number of carbonyl (C=O) groups is 4. The second-order valence-corrected chi connectivity index (χ2v) is 36.6. The highest BCUT2D eigenvalue weighted by molar-refractivity contribution is 7.47. The summed E-state index contributed by atoms with van der Waals surface area (Å²) < 4.78 is 68.9. The number of hydrogen-bond acceptors (Lipinski definition) is 15. The van der Waals surface area contributed by atoms with Crippen molar-refractivity contribution in [3.05, 3.63) is 0 Å². The minimum Gasteiger partial charge on any atom is -0.462 e. The highest BCUT2D eigenvalue weighted by atomic mass is 31.2. The highest BCUT2D eigenvalue weighted by Gasteiger charge is 2.31. The van der Waals surface area contributed by atoms with Crippen LogP contribution in [0.5, 0.6) is 0 Å². The number of esters is 4. The lowest BCUT2D eigenvalue weighted by atomic mass is 9.99. The van der Waals surface area contributed by atoms with Crippen molar-refractivity contribution >= 4 is 39.5 Å². The lowest BCUT2D eigenvalue weighted by molar-refractivity contribution is -0.161. The molecular weight excluding hydrogens is 1400 g/mol. The molecule has 6 atom stereocenters. The maximum Gasteiger partial charge on any atom is 0.472 e. The van der Waals surface area contributed by atoms with Gasteiger partial charge in [0.2, 0.25) is 0 Å². The Hall–Kier alpha value is -1.94. The standard InChI is InChI=1S/C89H174O17P2/c1-9-82(8)68-60-52-44-36-30-23-19-15-11-13-17-21-25-32-38-46-55-63-71-88(93)106-85(76-100-87(92)70-62-54-48-40-43-51-59-67-81(6)7)78-104-108(97,98)102-74-83(90)73-101-107(95,96)103-77-84(105-89(94)72-64-56-47-39-33-27-26-29-35-42-50-58-66-80(4)5)75-99-86(91)69-61-53-45-37-31-24-20-16-12-10-14-18-22-28-34-41-49-57-65-79(2)3/h79-85,90H,9-78H2,1-8H3,(H,95,96)(H,97,98)/t82?,83?,84-,85-/m1/s1. The molecule has 0 amide bonds. The summed E-state index contributed by atoms with van der Waals surface area (Å²) >= 11 is 0. The Morgan fingerprint density at radius 2 is 0.444 bits per heavy atom. The van der Waals surface area contributed by atoms with Crippen molar-refractivity contribution in [2.24, 2.45) is 23.7 Å². The van der Waals surface area contributed by atoms with Gasteiger partial charge >= 0.3 is 39.5 Å². The quantitative estimate of drug-likeness (QED) is 0.0222. The lowest BCUT2D eigenvalue weighted by Gasteiger charge is -2.21. The number of aliphatic hydroxyl groups excluding tert-OH is 1. The molecule has 0 saturated heterocycles. The molecule has 0 bridgehead atoms. The number of phosphoric acid groups is 2. The number of aliphatic hydroxyl groups is 1. The van der Waals surface area contributed by atoms with Gasteiger partial charge in [0.1, 0.15) is 19.3 Å². The van der Waals surface area contributed by atoms with Crippen molar-refractivity contribution < 1.29 is 80.2 Å². The van der Waals surface area contributed by atoms with E-state index in [1.165, 1.54) is 263 Å². The molecule has 642 valence electrons. The summed E-state index contributed by atoms with van der Waals surface area (Å²) in [7, 11) is -9.93. The summed E-state index contributed by atoms with van der Waals surface area (Å²) in [5.74, 6) is 1.07. The Labute approximate surface area is 664 Å². The monoisotopic (exact) mass is 1580 g/mol. The van der Waals surface area contributed by atoms with Gasteiger partial charge in [0.25, 0.3) is 0 Å². The number of ether oxygens (including phenoxy) is 4. The molecule has 0 spiro atoms. The van der Waals surface area contributed by atoms with Crippen LogP contribution in [0.3, 0.4) is 0 Å². The number of hydrogen-bond donors (Lipinski definition) is 3. The summed E-state index contributed by atoms with van der Waals surface area (Å²) in [6, 6.07) is 0. The molecular formula is C89H174O17P2. The normalized spacial score (nSPS) is 14.1. The van der Waals surface area contributed by atoms with Gasteiger partial charge in [-0.1, -0.05) is 415 Å². The van der Waals surface area contributed by atoms with E-state index < -0.39 is 97.5 Å². The van der Waals surface area contributed by atoms with Crippen LogP contribution in [-0.2, 0) is 65.4 Å². The van der Waals surface area contributed by atoms with Crippen molar-refractivity contribution in [3.8, 4) is 0 Å².